The summed E-state index contributed by atoms with van der Waals surface area (Å²) in [5.41, 5.74) is 5.31. The molecule has 1 heterocycles. The van der Waals surface area contributed by atoms with Gasteiger partial charge in [0, 0.05) is 26.2 Å². The lowest BCUT2D eigenvalue weighted by atomic mass is 10.3. The Labute approximate surface area is 114 Å². The topological polar surface area (TPSA) is 111 Å². The highest BCUT2D eigenvalue weighted by Gasteiger charge is 2.33. The zero-order valence-corrected chi connectivity index (χ0v) is 11.3. The molecule has 0 bridgehead atoms. The second kappa shape index (κ2) is 6.56. The number of hydrogen-bond donors (Lipinski definition) is 3. The Morgan fingerprint density at radius 3 is 2.30 bits per heavy atom. The summed E-state index contributed by atoms with van der Waals surface area (Å²) in [5.74, 6) is -0.0171. The lowest BCUT2D eigenvalue weighted by Gasteiger charge is -2.33. The van der Waals surface area contributed by atoms with Crippen molar-refractivity contribution in [3.63, 3.8) is 0 Å². The lowest BCUT2D eigenvalue weighted by molar-refractivity contribution is -0.121. The molecule has 0 aromatic carbocycles. The number of nitrogens with two attached hydrogens (primary N) is 1. The third-order valence-corrected chi connectivity index (χ3v) is 4.19. The molecule has 1 rings (SSSR count). The number of halogens is 3. The van der Waals surface area contributed by atoms with Crippen molar-refractivity contribution in [2.75, 3.05) is 39.3 Å². The summed E-state index contributed by atoms with van der Waals surface area (Å²) in [6.45, 7) is -0.801. The van der Waals surface area contributed by atoms with E-state index >= 15 is 0 Å². The molecule has 0 aromatic rings. The van der Waals surface area contributed by atoms with E-state index in [4.69, 9.17) is 10.9 Å². The SMILES string of the molecule is NC(CN1CCN(S(=O)(=O)NCC(F)(F)F)CC1)=NO. The van der Waals surface area contributed by atoms with Crippen LogP contribution in [-0.2, 0) is 10.2 Å². The van der Waals surface area contributed by atoms with Gasteiger partial charge in [-0.15, -0.1) is 0 Å². The summed E-state index contributed by atoms with van der Waals surface area (Å²) in [5, 5.41) is 11.2. The maximum atomic E-state index is 12.0. The maximum Gasteiger partial charge on any atom is 0.402 e. The quantitative estimate of drug-likeness (QED) is 0.254. The Hall–Kier alpha value is -1.11. The number of amidine groups is 1. The van der Waals surface area contributed by atoms with Crippen molar-refractivity contribution in [2.45, 2.75) is 6.18 Å². The number of rotatable bonds is 5. The van der Waals surface area contributed by atoms with E-state index in [0.717, 1.165) is 4.31 Å². The molecule has 20 heavy (non-hydrogen) atoms. The van der Waals surface area contributed by atoms with Gasteiger partial charge < -0.3 is 10.9 Å². The molecule has 4 N–H and O–H groups in total. The van der Waals surface area contributed by atoms with Crippen LogP contribution < -0.4 is 10.5 Å². The Balaban J connectivity index is 2.48. The van der Waals surface area contributed by atoms with Crippen LogP contribution in [0.3, 0.4) is 0 Å². The minimum Gasteiger partial charge on any atom is -0.409 e. The molecule has 0 unspecified atom stereocenters. The van der Waals surface area contributed by atoms with Crippen LogP contribution in [0.2, 0.25) is 0 Å². The van der Waals surface area contributed by atoms with Crippen LogP contribution in [0.5, 0.6) is 0 Å². The first-order chi connectivity index (χ1) is 9.14. The Bertz CT molecular complexity index is 445. The summed E-state index contributed by atoms with van der Waals surface area (Å²) >= 11 is 0. The molecule has 1 aliphatic heterocycles. The van der Waals surface area contributed by atoms with Gasteiger partial charge in [0.2, 0.25) is 0 Å². The third kappa shape index (κ3) is 5.48. The molecule has 0 aliphatic carbocycles. The maximum absolute atomic E-state index is 12.0. The van der Waals surface area contributed by atoms with E-state index in [2.05, 4.69) is 5.16 Å². The second-order valence-electron chi connectivity index (χ2n) is 4.21. The van der Waals surface area contributed by atoms with E-state index in [9.17, 15) is 21.6 Å². The zero-order valence-electron chi connectivity index (χ0n) is 10.5. The average molecular weight is 319 g/mol. The molecular weight excluding hydrogens is 303 g/mol. The minimum absolute atomic E-state index is 0.0171. The molecule has 118 valence electrons. The summed E-state index contributed by atoms with van der Waals surface area (Å²) in [4.78, 5) is 1.73. The number of alkyl halides is 3. The van der Waals surface area contributed by atoms with Crippen molar-refractivity contribution in [1.82, 2.24) is 13.9 Å². The van der Waals surface area contributed by atoms with Gasteiger partial charge in [-0.05, 0) is 0 Å². The number of hydrogen-bond acceptors (Lipinski definition) is 5. The van der Waals surface area contributed by atoms with Crippen LogP contribution in [0.4, 0.5) is 13.2 Å². The van der Waals surface area contributed by atoms with Crippen molar-refractivity contribution in [3.8, 4) is 0 Å². The standard InChI is InChI=1S/C8H16F3N5O3S/c9-8(10,11)6-13-20(18,19)16-3-1-15(2-4-16)5-7(12)14-17/h13,17H,1-6H2,(H2,12,14). The zero-order chi connectivity index (χ0) is 15.4. The van der Waals surface area contributed by atoms with Crippen LogP contribution in [0.25, 0.3) is 0 Å². The van der Waals surface area contributed by atoms with Crippen molar-refractivity contribution in [1.29, 1.82) is 0 Å². The lowest BCUT2D eigenvalue weighted by Crippen LogP contribution is -2.54. The van der Waals surface area contributed by atoms with Gasteiger partial charge in [0.15, 0.2) is 5.84 Å². The van der Waals surface area contributed by atoms with Crippen LogP contribution in [-0.4, -0.2) is 74.1 Å². The molecule has 0 amide bonds. The highest BCUT2D eigenvalue weighted by molar-refractivity contribution is 7.87. The molecule has 8 nitrogen and oxygen atoms in total. The molecule has 0 aromatic heterocycles. The largest absolute Gasteiger partial charge is 0.409 e. The number of oxime groups is 1. The molecule has 0 radical (unpaired) electrons. The Kier molecular flexibility index (Phi) is 5.56. The van der Waals surface area contributed by atoms with Gasteiger partial charge in [-0.25, -0.2) is 0 Å². The second-order valence-corrected chi connectivity index (χ2v) is 5.96. The van der Waals surface area contributed by atoms with Gasteiger partial charge in [0.1, 0.15) is 6.54 Å². The first-order valence-electron chi connectivity index (χ1n) is 5.64. The average Bonchev–Trinajstić information content (AvgIpc) is 2.36. The molecule has 1 saturated heterocycles. The molecular formula is C8H16F3N5O3S. The Morgan fingerprint density at radius 1 is 1.30 bits per heavy atom. The smallest absolute Gasteiger partial charge is 0.402 e. The fourth-order valence-corrected chi connectivity index (χ4v) is 2.83. The minimum atomic E-state index is -4.60. The highest BCUT2D eigenvalue weighted by Crippen LogP contribution is 2.14. The van der Waals surface area contributed by atoms with Crippen LogP contribution >= 0.6 is 0 Å². The number of piperazine rings is 1. The van der Waals surface area contributed by atoms with E-state index in [1.54, 1.807) is 4.90 Å². The summed E-state index contributed by atoms with van der Waals surface area (Å²) in [6.07, 6.45) is -4.60. The van der Waals surface area contributed by atoms with E-state index in [0.29, 0.717) is 0 Å². The molecule has 0 spiro atoms. The van der Waals surface area contributed by atoms with Gasteiger partial charge in [-0.3, -0.25) is 4.90 Å². The van der Waals surface area contributed by atoms with Gasteiger partial charge in [0.05, 0.1) is 6.54 Å². The number of nitrogens with zero attached hydrogens (tertiary/aromatic N) is 3. The first kappa shape index (κ1) is 16.9. The van der Waals surface area contributed by atoms with Crippen molar-refractivity contribution in [3.05, 3.63) is 0 Å². The van der Waals surface area contributed by atoms with Gasteiger partial charge in [0.25, 0.3) is 10.2 Å². The van der Waals surface area contributed by atoms with E-state index < -0.39 is 22.9 Å². The fourth-order valence-electron chi connectivity index (χ4n) is 1.65. The van der Waals surface area contributed by atoms with E-state index in [-0.39, 0.29) is 38.6 Å². The predicted octanol–water partition coefficient (Wildman–Crippen LogP) is -1.25. The van der Waals surface area contributed by atoms with Gasteiger partial charge in [-0.1, -0.05) is 5.16 Å². The van der Waals surface area contributed by atoms with Crippen molar-refractivity contribution in [2.24, 2.45) is 10.9 Å². The van der Waals surface area contributed by atoms with Gasteiger partial charge >= 0.3 is 6.18 Å². The third-order valence-electron chi connectivity index (χ3n) is 2.64. The summed E-state index contributed by atoms with van der Waals surface area (Å²) in [7, 11) is -4.15. The summed E-state index contributed by atoms with van der Waals surface area (Å²) in [6, 6.07) is 0. The van der Waals surface area contributed by atoms with Crippen LogP contribution in [0.1, 0.15) is 0 Å². The molecule has 0 saturated carbocycles. The Morgan fingerprint density at radius 2 is 1.85 bits per heavy atom. The van der Waals surface area contributed by atoms with Crippen molar-refractivity contribution >= 4 is 16.0 Å². The first-order valence-corrected chi connectivity index (χ1v) is 7.08. The van der Waals surface area contributed by atoms with E-state index in [1.807, 2.05) is 0 Å². The predicted molar refractivity (Wildman–Crippen MR) is 64.4 cm³/mol. The number of nitrogens with one attached hydrogen (secondary N) is 1. The normalized spacial score (nSPS) is 20.2. The van der Waals surface area contributed by atoms with Crippen LogP contribution in [0.15, 0.2) is 5.16 Å². The fraction of sp³-hybridized carbons (Fsp3) is 0.875. The molecule has 1 aliphatic rings. The van der Waals surface area contributed by atoms with Crippen molar-refractivity contribution < 1.29 is 26.8 Å². The highest BCUT2D eigenvalue weighted by atomic mass is 32.2. The van der Waals surface area contributed by atoms with E-state index in [1.165, 1.54) is 4.72 Å². The summed E-state index contributed by atoms with van der Waals surface area (Å²) < 4.78 is 61.7. The monoisotopic (exact) mass is 319 g/mol. The molecule has 0 atom stereocenters. The molecule has 12 heteroatoms. The van der Waals surface area contributed by atoms with Gasteiger partial charge in [-0.2, -0.15) is 30.6 Å². The molecule has 1 fully saturated rings. The van der Waals surface area contributed by atoms with Crippen LogP contribution in [0, 0.1) is 0 Å².